The number of methoxy groups -OCH3 is 4. The number of carbonyl (C=O) groups excluding carboxylic acids is 1. The third-order valence-corrected chi connectivity index (χ3v) is 6.11. The minimum Gasteiger partial charge on any atom is -0.497 e. The monoisotopic (exact) mass is 465 g/mol. The third kappa shape index (κ3) is 4.54. The maximum absolute atomic E-state index is 13.8. The highest BCUT2D eigenvalue weighted by atomic mass is 32.1. The molecule has 0 fully saturated rings. The fourth-order valence-corrected chi connectivity index (χ4v) is 4.43. The molecule has 0 aliphatic carbocycles. The Hall–Kier alpha value is -3.85. The van der Waals surface area contributed by atoms with Gasteiger partial charge in [0, 0.05) is 17.8 Å². The molecule has 9 heteroatoms. The van der Waals surface area contributed by atoms with Gasteiger partial charge in [-0.3, -0.25) is 14.7 Å². The Bertz CT molecular complexity index is 1210. The smallest absolute Gasteiger partial charge is 0.260 e. The first-order valence-electron chi connectivity index (χ1n) is 10.0. The average Bonchev–Trinajstić information content (AvgIpc) is 3.31. The van der Waals surface area contributed by atoms with E-state index in [4.69, 9.17) is 23.9 Å². The zero-order chi connectivity index (χ0) is 23.4. The molecule has 0 unspecified atom stereocenters. The predicted molar refractivity (Wildman–Crippen MR) is 127 cm³/mol. The molecule has 0 radical (unpaired) electrons. The van der Waals surface area contributed by atoms with Gasteiger partial charge in [-0.15, -0.1) is 0 Å². The molecule has 2 aromatic heterocycles. The van der Waals surface area contributed by atoms with Crippen LogP contribution in [0, 0.1) is 0 Å². The van der Waals surface area contributed by atoms with Crippen LogP contribution < -0.4 is 23.8 Å². The number of benzene rings is 2. The lowest BCUT2D eigenvalue weighted by molar-refractivity contribution is 0.0984. The zero-order valence-electron chi connectivity index (χ0n) is 18.7. The van der Waals surface area contributed by atoms with Gasteiger partial charge < -0.3 is 18.9 Å². The van der Waals surface area contributed by atoms with Crippen molar-refractivity contribution in [2.75, 3.05) is 33.3 Å². The van der Waals surface area contributed by atoms with Crippen LogP contribution >= 0.6 is 11.3 Å². The molecule has 0 aliphatic heterocycles. The molecule has 4 rings (SSSR count). The molecule has 0 spiro atoms. The quantitative estimate of drug-likeness (QED) is 0.377. The third-order valence-electron chi connectivity index (χ3n) is 5.02. The maximum atomic E-state index is 13.8. The summed E-state index contributed by atoms with van der Waals surface area (Å²) in [5.41, 5.74) is 1.75. The Labute approximate surface area is 195 Å². The molecule has 170 valence electrons. The highest BCUT2D eigenvalue weighted by Gasteiger charge is 2.25. The van der Waals surface area contributed by atoms with Gasteiger partial charge in [-0.05, 0) is 36.4 Å². The summed E-state index contributed by atoms with van der Waals surface area (Å²) < 4.78 is 22.5. The second-order valence-electron chi connectivity index (χ2n) is 6.96. The summed E-state index contributed by atoms with van der Waals surface area (Å²) in [4.78, 5) is 24.5. The van der Waals surface area contributed by atoms with Crippen LogP contribution in [0.4, 0.5) is 5.13 Å². The summed E-state index contributed by atoms with van der Waals surface area (Å²) in [6.45, 7) is 0.226. The van der Waals surface area contributed by atoms with Crippen LogP contribution in [0.3, 0.4) is 0 Å². The van der Waals surface area contributed by atoms with E-state index in [1.807, 2.05) is 24.3 Å². The summed E-state index contributed by atoms with van der Waals surface area (Å²) in [5.74, 6) is 2.02. The van der Waals surface area contributed by atoms with E-state index in [-0.39, 0.29) is 12.5 Å². The summed E-state index contributed by atoms with van der Waals surface area (Å²) in [7, 11) is 6.27. The average molecular weight is 466 g/mol. The van der Waals surface area contributed by atoms with Gasteiger partial charge in [0.15, 0.2) is 5.13 Å². The Morgan fingerprint density at radius 3 is 2.21 bits per heavy atom. The number of pyridine rings is 1. The van der Waals surface area contributed by atoms with Crippen molar-refractivity contribution < 1.29 is 23.7 Å². The van der Waals surface area contributed by atoms with Gasteiger partial charge in [-0.1, -0.05) is 17.4 Å². The van der Waals surface area contributed by atoms with E-state index in [0.717, 1.165) is 10.4 Å². The number of fused-ring (bicyclic) bond motifs is 1. The van der Waals surface area contributed by atoms with E-state index < -0.39 is 0 Å². The summed E-state index contributed by atoms with van der Waals surface area (Å²) >= 11 is 1.35. The van der Waals surface area contributed by atoms with Gasteiger partial charge in [-0.25, -0.2) is 4.98 Å². The molecule has 0 aliphatic rings. The number of nitrogens with zero attached hydrogens (tertiary/aromatic N) is 3. The van der Waals surface area contributed by atoms with Gasteiger partial charge in [0.1, 0.15) is 33.2 Å². The van der Waals surface area contributed by atoms with Gasteiger partial charge in [-0.2, -0.15) is 0 Å². The SMILES string of the molecule is COc1cc(OC)cc(C(=O)N(Cc2ccccn2)c2nc3c(OC)ccc(OC)c3s2)c1. The van der Waals surface area contributed by atoms with Crippen molar-refractivity contribution in [1.29, 1.82) is 0 Å². The summed E-state index contributed by atoms with van der Waals surface area (Å²) in [6, 6.07) is 14.2. The lowest BCUT2D eigenvalue weighted by atomic mass is 10.1. The number of ether oxygens (including phenoxy) is 4. The maximum Gasteiger partial charge on any atom is 0.260 e. The van der Waals surface area contributed by atoms with Gasteiger partial charge in [0.05, 0.1) is 40.7 Å². The van der Waals surface area contributed by atoms with Crippen LogP contribution in [0.2, 0.25) is 0 Å². The number of hydrogen-bond donors (Lipinski definition) is 0. The number of aromatic nitrogens is 2. The molecule has 0 bridgehead atoms. The van der Waals surface area contributed by atoms with Crippen LogP contribution in [0.25, 0.3) is 10.2 Å². The van der Waals surface area contributed by atoms with E-state index >= 15 is 0 Å². The fourth-order valence-electron chi connectivity index (χ4n) is 3.36. The Balaban J connectivity index is 1.85. The summed E-state index contributed by atoms with van der Waals surface area (Å²) in [5, 5.41) is 0.491. The molecule has 2 aromatic carbocycles. The molecular weight excluding hydrogens is 442 g/mol. The second kappa shape index (κ2) is 9.74. The van der Waals surface area contributed by atoms with Gasteiger partial charge in [0.25, 0.3) is 5.91 Å². The molecule has 4 aromatic rings. The molecule has 0 saturated heterocycles. The minimum absolute atomic E-state index is 0.226. The van der Waals surface area contributed by atoms with Crippen molar-refractivity contribution >= 4 is 32.6 Å². The van der Waals surface area contributed by atoms with Crippen molar-refractivity contribution in [3.63, 3.8) is 0 Å². The number of anilines is 1. The topological polar surface area (TPSA) is 83.0 Å². The Kier molecular flexibility index (Phi) is 6.60. The molecule has 8 nitrogen and oxygen atoms in total. The lowest BCUT2D eigenvalue weighted by Gasteiger charge is -2.20. The standard InChI is InChI=1S/C24H23N3O5S/c1-29-17-11-15(12-18(13-17)30-2)23(28)27(14-16-7-5-6-10-25-16)24-26-21-19(31-3)8-9-20(32-4)22(21)33-24/h5-13H,14H2,1-4H3. The van der Waals surface area contributed by atoms with Crippen LogP contribution in [0.5, 0.6) is 23.0 Å². The number of rotatable bonds is 8. The van der Waals surface area contributed by atoms with Crippen molar-refractivity contribution in [2.24, 2.45) is 0 Å². The first-order valence-corrected chi connectivity index (χ1v) is 10.9. The van der Waals surface area contributed by atoms with Crippen LogP contribution in [-0.4, -0.2) is 44.3 Å². The molecule has 0 saturated carbocycles. The van der Waals surface area contributed by atoms with E-state index in [2.05, 4.69) is 4.98 Å². The van der Waals surface area contributed by atoms with Crippen LogP contribution in [0.1, 0.15) is 16.1 Å². The first-order chi connectivity index (χ1) is 16.1. The van der Waals surface area contributed by atoms with Crippen molar-refractivity contribution in [1.82, 2.24) is 9.97 Å². The van der Waals surface area contributed by atoms with Gasteiger partial charge >= 0.3 is 0 Å². The van der Waals surface area contributed by atoms with E-state index in [1.54, 1.807) is 63.8 Å². The normalized spacial score (nSPS) is 10.7. The number of thiazole rings is 1. The molecule has 0 N–H and O–H groups in total. The molecular formula is C24H23N3O5S. The zero-order valence-corrected chi connectivity index (χ0v) is 19.5. The molecule has 2 heterocycles. The van der Waals surface area contributed by atoms with E-state index in [0.29, 0.717) is 39.2 Å². The van der Waals surface area contributed by atoms with E-state index in [1.165, 1.54) is 11.3 Å². The number of carbonyl (C=O) groups is 1. The highest BCUT2D eigenvalue weighted by molar-refractivity contribution is 7.22. The van der Waals surface area contributed by atoms with E-state index in [9.17, 15) is 4.79 Å². The fraction of sp³-hybridized carbons (Fsp3) is 0.208. The Morgan fingerprint density at radius 2 is 1.61 bits per heavy atom. The summed E-state index contributed by atoms with van der Waals surface area (Å²) in [6.07, 6.45) is 1.69. The van der Waals surface area contributed by atoms with Crippen LogP contribution in [-0.2, 0) is 6.54 Å². The van der Waals surface area contributed by atoms with Crippen LogP contribution in [0.15, 0.2) is 54.7 Å². The highest BCUT2D eigenvalue weighted by Crippen LogP contribution is 2.41. The van der Waals surface area contributed by atoms with Crippen molar-refractivity contribution in [3.05, 3.63) is 66.0 Å². The largest absolute Gasteiger partial charge is 0.497 e. The molecule has 0 atom stereocenters. The Morgan fingerprint density at radius 1 is 0.909 bits per heavy atom. The lowest BCUT2D eigenvalue weighted by Crippen LogP contribution is -2.30. The molecule has 33 heavy (non-hydrogen) atoms. The van der Waals surface area contributed by atoms with Crippen molar-refractivity contribution in [3.8, 4) is 23.0 Å². The predicted octanol–water partition coefficient (Wildman–Crippen LogP) is 4.57. The van der Waals surface area contributed by atoms with Gasteiger partial charge in [0.2, 0.25) is 0 Å². The number of amides is 1. The first kappa shape index (κ1) is 22.3. The minimum atomic E-state index is -0.269. The second-order valence-corrected chi connectivity index (χ2v) is 7.94. The molecule has 1 amide bonds. The van der Waals surface area contributed by atoms with Crippen molar-refractivity contribution in [2.45, 2.75) is 6.54 Å². The number of hydrogen-bond acceptors (Lipinski definition) is 8.